The van der Waals surface area contributed by atoms with Crippen LogP contribution < -0.4 is 5.73 Å². The van der Waals surface area contributed by atoms with Crippen molar-refractivity contribution in [3.05, 3.63) is 0 Å². The van der Waals surface area contributed by atoms with Crippen LogP contribution in [-0.2, 0) is 4.79 Å². The van der Waals surface area contributed by atoms with Crippen molar-refractivity contribution >= 4 is 5.91 Å². The molecule has 1 unspecified atom stereocenters. The van der Waals surface area contributed by atoms with Gasteiger partial charge in [0.05, 0.1) is 0 Å². The summed E-state index contributed by atoms with van der Waals surface area (Å²) in [7, 11) is 0. The van der Waals surface area contributed by atoms with Gasteiger partial charge in [-0.05, 0) is 6.42 Å². The highest BCUT2D eigenvalue weighted by molar-refractivity contribution is 5.77. The highest BCUT2D eigenvalue weighted by Crippen LogP contribution is 2.16. The molecule has 1 heterocycles. The minimum Gasteiger partial charge on any atom is -0.338 e. The number of carbonyl (C=O) groups is 1. The van der Waals surface area contributed by atoms with Gasteiger partial charge in [0.2, 0.25) is 5.91 Å². The molecule has 3 nitrogen and oxygen atoms in total. The topological polar surface area (TPSA) is 46.3 Å². The van der Waals surface area contributed by atoms with Gasteiger partial charge in [-0.1, -0.05) is 6.92 Å². The summed E-state index contributed by atoms with van der Waals surface area (Å²) in [4.78, 5) is 12.9. The monoisotopic (exact) mass is 142 g/mol. The standard InChI is InChI=1S/C7H14N2O/c1-2-7(10)9-4-3-6(9)5-8/h6H,2-5,8H2,1H3. The number of likely N-dealkylation sites (tertiary alicyclic amines) is 1. The zero-order valence-electron chi connectivity index (χ0n) is 6.34. The Bertz CT molecular complexity index is 134. The zero-order valence-corrected chi connectivity index (χ0v) is 6.34. The highest BCUT2D eigenvalue weighted by atomic mass is 16.2. The SMILES string of the molecule is CCC(=O)N1CCC1CN. The quantitative estimate of drug-likeness (QED) is 0.588. The van der Waals surface area contributed by atoms with E-state index in [2.05, 4.69) is 0 Å². The van der Waals surface area contributed by atoms with Crippen LogP contribution in [0.5, 0.6) is 0 Å². The van der Waals surface area contributed by atoms with Gasteiger partial charge in [0, 0.05) is 25.6 Å². The van der Waals surface area contributed by atoms with Crippen LogP contribution in [0.3, 0.4) is 0 Å². The van der Waals surface area contributed by atoms with Crippen LogP contribution in [0.1, 0.15) is 19.8 Å². The van der Waals surface area contributed by atoms with Crippen LogP contribution in [0.2, 0.25) is 0 Å². The molecule has 1 aliphatic heterocycles. The summed E-state index contributed by atoms with van der Waals surface area (Å²) in [5.41, 5.74) is 5.42. The first-order valence-corrected chi connectivity index (χ1v) is 3.79. The van der Waals surface area contributed by atoms with Crippen molar-refractivity contribution in [3.8, 4) is 0 Å². The van der Waals surface area contributed by atoms with E-state index in [0.29, 0.717) is 19.0 Å². The molecular formula is C7H14N2O. The second kappa shape index (κ2) is 3.01. The van der Waals surface area contributed by atoms with Gasteiger partial charge < -0.3 is 10.6 Å². The highest BCUT2D eigenvalue weighted by Gasteiger charge is 2.29. The third-order valence-corrected chi connectivity index (χ3v) is 2.04. The van der Waals surface area contributed by atoms with Crippen LogP contribution in [-0.4, -0.2) is 29.9 Å². The van der Waals surface area contributed by atoms with Crippen molar-refractivity contribution in [2.75, 3.05) is 13.1 Å². The predicted molar refractivity (Wildman–Crippen MR) is 39.5 cm³/mol. The fourth-order valence-electron chi connectivity index (χ4n) is 1.22. The Morgan fingerprint density at radius 2 is 2.50 bits per heavy atom. The van der Waals surface area contributed by atoms with Crippen molar-refractivity contribution in [2.45, 2.75) is 25.8 Å². The van der Waals surface area contributed by atoms with E-state index in [1.54, 1.807) is 0 Å². The molecule has 2 N–H and O–H groups in total. The van der Waals surface area contributed by atoms with Crippen LogP contribution >= 0.6 is 0 Å². The second-order valence-corrected chi connectivity index (χ2v) is 2.62. The van der Waals surface area contributed by atoms with Crippen molar-refractivity contribution in [2.24, 2.45) is 5.73 Å². The molecule has 0 spiro atoms. The Morgan fingerprint density at radius 1 is 1.80 bits per heavy atom. The molecule has 1 rings (SSSR count). The number of hydrogen-bond donors (Lipinski definition) is 1. The molecular weight excluding hydrogens is 128 g/mol. The molecule has 0 aromatic rings. The van der Waals surface area contributed by atoms with Gasteiger partial charge >= 0.3 is 0 Å². The average Bonchev–Trinajstić information content (AvgIpc) is 1.86. The molecule has 3 heteroatoms. The maximum Gasteiger partial charge on any atom is 0.222 e. The summed E-state index contributed by atoms with van der Waals surface area (Å²) in [6.07, 6.45) is 1.69. The number of hydrogen-bond acceptors (Lipinski definition) is 2. The summed E-state index contributed by atoms with van der Waals surface area (Å²) < 4.78 is 0. The molecule has 0 bridgehead atoms. The largest absolute Gasteiger partial charge is 0.338 e. The first kappa shape index (κ1) is 7.54. The first-order chi connectivity index (χ1) is 4.79. The van der Waals surface area contributed by atoms with Crippen molar-refractivity contribution in [3.63, 3.8) is 0 Å². The molecule has 1 saturated heterocycles. The Morgan fingerprint density at radius 3 is 2.80 bits per heavy atom. The third kappa shape index (κ3) is 1.14. The van der Waals surface area contributed by atoms with Gasteiger partial charge in [-0.3, -0.25) is 4.79 Å². The van der Waals surface area contributed by atoms with Gasteiger partial charge in [0.25, 0.3) is 0 Å². The smallest absolute Gasteiger partial charge is 0.222 e. The van der Waals surface area contributed by atoms with E-state index in [-0.39, 0.29) is 5.91 Å². The lowest BCUT2D eigenvalue weighted by molar-refractivity contribution is -0.138. The summed E-state index contributed by atoms with van der Waals surface area (Å²) in [6, 6.07) is 0.340. The number of nitrogens with zero attached hydrogens (tertiary/aromatic N) is 1. The van der Waals surface area contributed by atoms with E-state index in [4.69, 9.17) is 5.73 Å². The van der Waals surface area contributed by atoms with Crippen LogP contribution in [0.4, 0.5) is 0 Å². The Kier molecular flexibility index (Phi) is 2.27. The second-order valence-electron chi connectivity index (χ2n) is 2.62. The number of carbonyl (C=O) groups excluding carboxylic acids is 1. The summed E-state index contributed by atoms with van der Waals surface area (Å²) in [5, 5.41) is 0. The molecule has 1 amide bonds. The molecule has 58 valence electrons. The molecule has 1 aliphatic rings. The van der Waals surface area contributed by atoms with Gasteiger partial charge in [-0.15, -0.1) is 0 Å². The minimum absolute atomic E-state index is 0.238. The molecule has 0 radical (unpaired) electrons. The molecule has 1 fully saturated rings. The number of rotatable bonds is 2. The average molecular weight is 142 g/mol. The van der Waals surface area contributed by atoms with E-state index < -0.39 is 0 Å². The fourth-order valence-corrected chi connectivity index (χ4v) is 1.22. The Hall–Kier alpha value is -0.570. The first-order valence-electron chi connectivity index (χ1n) is 3.79. The van der Waals surface area contributed by atoms with Crippen LogP contribution in [0, 0.1) is 0 Å². The molecule has 0 saturated carbocycles. The lowest BCUT2D eigenvalue weighted by Gasteiger charge is -2.40. The maximum absolute atomic E-state index is 11.0. The van der Waals surface area contributed by atoms with Gasteiger partial charge in [0.1, 0.15) is 0 Å². The van der Waals surface area contributed by atoms with E-state index in [0.717, 1.165) is 13.0 Å². The fraction of sp³-hybridized carbons (Fsp3) is 0.857. The molecule has 0 aliphatic carbocycles. The van der Waals surface area contributed by atoms with Gasteiger partial charge in [-0.2, -0.15) is 0 Å². The third-order valence-electron chi connectivity index (χ3n) is 2.04. The van der Waals surface area contributed by atoms with Crippen molar-refractivity contribution < 1.29 is 4.79 Å². The molecule has 10 heavy (non-hydrogen) atoms. The van der Waals surface area contributed by atoms with E-state index in [1.165, 1.54) is 0 Å². The lowest BCUT2D eigenvalue weighted by Crippen LogP contribution is -2.54. The lowest BCUT2D eigenvalue weighted by atomic mass is 10.0. The zero-order chi connectivity index (χ0) is 7.56. The summed E-state index contributed by atoms with van der Waals surface area (Å²) in [6.45, 7) is 3.41. The maximum atomic E-state index is 11.0. The summed E-state index contributed by atoms with van der Waals surface area (Å²) >= 11 is 0. The summed E-state index contributed by atoms with van der Waals surface area (Å²) in [5.74, 6) is 0.238. The van der Waals surface area contributed by atoms with Crippen LogP contribution in [0.25, 0.3) is 0 Å². The van der Waals surface area contributed by atoms with Gasteiger partial charge in [0.15, 0.2) is 0 Å². The number of amides is 1. The molecule has 0 aromatic carbocycles. The molecule has 1 atom stereocenters. The predicted octanol–water partition coefficient (Wildman–Crippen LogP) is -0.0440. The van der Waals surface area contributed by atoms with Crippen molar-refractivity contribution in [1.29, 1.82) is 0 Å². The van der Waals surface area contributed by atoms with E-state index in [9.17, 15) is 4.79 Å². The van der Waals surface area contributed by atoms with Gasteiger partial charge in [-0.25, -0.2) is 0 Å². The molecule has 0 aromatic heterocycles. The van der Waals surface area contributed by atoms with E-state index >= 15 is 0 Å². The van der Waals surface area contributed by atoms with Crippen molar-refractivity contribution in [1.82, 2.24) is 4.90 Å². The normalized spacial score (nSPS) is 24.2. The Balaban J connectivity index is 2.35. The van der Waals surface area contributed by atoms with E-state index in [1.807, 2.05) is 11.8 Å². The van der Waals surface area contributed by atoms with Crippen LogP contribution in [0.15, 0.2) is 0 Å². The Labute approximate surface area is 61.2 Å². The number of nitrogens with two attached hydrogens (primary N) is 1. The minimum atomic E-state index is 0.238.